The SMILES string of the molecule is Cc1csc(C(O)(CC(=O)NCCc2ccccc2C)C(F)(F)F)n1. The third kappa shape index (κ3) is 4.58. The van der Waals surface area contributed by atoms with Crippen LogP contribution < -0.4 is 5.32 Å². The number of halogens is 3. The molecule has 0 radical (unpaired) electrons. The van der Waals surface area contributed by atoms with Crippen LogP contribution in [0, 0.1) is 13.8 Å². The molecule has 1 atom stereocenters. The van der Waals surface area contributed by atoms with Crippen molar-refractivity contribution < 1.29 is 23.1 Å². The van der Waals surface area contributed by atoms with Crippen molar-refractivity contribution in [2.45, 2.75) is 38.5 Å². The summed E-state index contributed by atoms with van der Waals surface area (Å²) in [6.07, 6.45) is -5.61. The zero-order valence-corrected chi connectivity index (χ0v) is 14.7. The lowest BCUT2D eigenvalue weighted by atomic mass is 9.99. The number of carbonyl (C=O) groups is 1. The number of carbonyl (C=O) groups excluding carboxylic acids is 1. The second-order valence-electron chi connectivity index (χ2n) is 5.86. The van der Waals surface area contributed by atoms with E-state index in [1.807, 2.05) is 31.2 Å². The number of aryl methyl sites for hydroxylation is 2. The number of nitrogens with zero attached hydrogens (tertiary/aromatic N) is 1. The van der Waals surface area contributed by atoms with Crippen LogP contribution in [0.15, 0.2) is 29.6 Å². The molecule has 1 heterocycles. The van der Waals surface area contributed by atoms with E-state index in [9.17, 15) is 23.1 Å². The molecule has 2 N–H and O–H groups in total. The molecule has 0 aliphatic heterocycles. The lowest BCUT2D eigenvalue weighted by Crippen LogP contribution is -2.46. The van der Waals surface area contributed by atoms with Gasteiger partial charge in [-0.1, -0.05) is 24.3 Å². The molecule has 0 bridgehead atoms. The molecule has 8 heteroatoms. The summed E-state index contributed by atoms with van der Waals surface area (Å²) >= 11 is 0.687. The lowest BCUT2D eigenvalue weighted by Gasteiger charge is -2.27. The molecule has 1 unspecified atom stereocenters. The molecule has 0 spiro atoms. The third-order valence-corrected chi connectivity index (χ3v) is 4.95. The second-order valence-corrected chi connectivity index (χ2v) is 6.71. The molecule has 0 saturated heterocycles. The van der Waals surface area contributed by atoms with Gasteiger partial charge in [0, 0.05) is 17.6 Å². The fraction of sp³-hybridized carbons (Fsp3) is 0.412. The van der Waals surface area contributed by atoms with E-state index in [-0.39, 0.29) is 6.54 Å². The zero-order chi connectivity index (χ0) is 18.7. The molecular formula is C17H19F3N2O2S. The average Bonchev–Trinajstić information content (AvgIpc) is 2.95. The third-order valence-electron chi connectivity index (χ3n) is 3.84. The molecule has 2 rings (SSSR count). The standard InChI is InChI=1S/C17H19F3N2O2S/c1-11-5-3-4-6-13(11)7-8-21-14(23)9-16(24,17(18,19)20)15-22-12(2)10-25-15/h3-6,10,24H,7-9H2,1-2H3,(H,21,23). The van der Waals surface area contributed by atoms with Crippen LogP contribution in [0.4, 0.5) is 13.2 Å². The van der Waals surface area contributed by atoms with E-state index in [1.54, 1.807) is 0 Å². The van der Waals surface area contributed by atoms with Crippen molar-refractivity contribution in [2.75, 3.05) is 6.54 Å². The monoisotopic (exact) mass is 372 g/mol. The van der Waals surface area contributed by atoms with Crippen molar-refractivity contribution in [3.63, 3.8) is 0 Å². The van der Waals surface area contributed by atoms with Crippen LogP contribution in [0.5, 0.6) is 0 Å². The van der Waals surface area contributed by atoms with Crippen molar-refractivity contribution in [1.29, 1.82) is 0 Å². The predicted molar refractivity (Wildman–Crippen MR) is 89.3 cm³/mol. The maximum atomic E-state index is 13.3. The molecule has 1 aromatic heterocycles. The Kier molecular flexibility index (Phi) is 5.84. The Bertz CT molecular complexity index is 745. The van der Waals surface area contributed by atoms with Gasteiger partial charge in [0.15, 0.2) is 0 Å². The Balaban J connectivity index is 2.02. The Labute approximate surface area is 147 Å². The summed E-state index contributed by atoms with van der Waals surface area (Å²) in [5.41, 5.74) is -0.868. The summed E-state index contributed by atoms with van der Waals surface area (Å²) in [5.74, 6) is -0.874. The molecule has 2 aromatic rings. The molecule has 4 nitrogen and oxygen atoms in total. The number of amides is 1. The first-order valence-electron chi connectivity index (χ1n) is 7.66. The molecule has 0 aliphatic rings. The van der Waals surface area contributed by atoms with E-state index in [1.165, 1.54) is 12.3 Å². The minimum absolute atomic E-state index is 0.189. The molecule has 25 heavy (non-hydrogen) atoms. The van der Waals surface area contributed by atoms with Crippen LogP contribution in [-0.4, -0.2) is 28.7 Å². The smallest absolute Gasteiger partial charge is 0.374 e. The van der Waals surface area contributed by atoms with Crippen molar-refractivity contribution in [3.8, 4) is 0 Å². The number of aliphatic hydroxyl groups is 1. The fourth-order valence-corrected chi connectivity index (χ4v) is 3.28. The van der Waals surface area contributed by atoms with Crippen LogP contribution in [-0.2, 0) is 16.8 Å². The number of hydrogen-bond donors (Lipinski definition) is 2. The minimum Gasteiger partial charge on any atom is -0.374 e. The van der Waals surface area contributed by atoms with Crippen LogP contribution in [0.1, 0.15) is 28.2 Å². The van der Waals surface area contributed by atoms with Gasteiger partial charge in [-0.25, -0.2) is 4.98 Å². The predicted octanol–water partition coefficient (Wildman–Crippen LogP) is 3.26. The van der Waals surface area contributed by atoms with E-state index in [2.05, 4.69) is 10.3 Å². The largest absolute Gasteiger partial charge is 0.424 e. The maximum absolute atomic E-state index is 13.3. The highest BCUT2D eigenvalue weighted by Gasteiger charge is 2.58. The van der Waals surface area contributed by atoms with Gasteiger partial charge in [0.2, 0.25) is 11.5 Å². The van der Waals surface area contributed by atoms with Gasteiger partial charge in [0.25, 0.3) is 0 Å². The van der Waals surface area contributed by atoms with Gasteiger partial charge in [0.05, 0.1) is 6.42 Å². The van der Waals surface area contributed by atoms with E-state index >= 15 is 0 Å². The molecule has 136 valence electrons. The highest BCUT2D eigenvalue weighted by atomic mass is 32.1. The summed E-state index contributed by atoms with van der Waals surface area (Å²) in [6.45, 7) is 3.64. The van der Waals surface area contributed by atoms with Gasteiger partial charge >= 0.3 is 6.18 Å². The topological polar surface area (TPSA) is 62.2 Å². The van der Waals surface area contributed by atoms with Gasteiger partial charge in [-0.2, -0.15) is 13.2 Å². The summed E-state index contributed by atoms with van der Waals surface area (Å²) in [5, 5.41) is 13.4. The number of aromatic nitrogens is 1. The first-order valence-corrected chi connectivity index (χ1v) is 8.54. The first-order chi connectivity index (χ1) is 11.6. The summed E-state index contributed by atoms with van der Waals surface area (Å²) in [7, 11) is 0. The van der Waals surface area contributed by atoms with Gasteiger partial charge in [0.1, 0.15) is 5.01 Å². The molecule has 0 fully saturated rings. The normalized spacial score (nSPS) is 14.2. The van der Waals surface area contributed by atoms with E-state index in [0.29, 0.717) is 23.5 Å². The average molecular weight is 372 g/mol. The van der Waals surface area contributed by atoms with Gasteiger partial charge in [-0.15, -0.1) is 11.3 Å². The van der Waals surface area contributed by atoms with Gasteiger partial charge in [-0.3, -0.25) is 4.79 Å². The Morgan fingerprint density at radius 1 is 1.28 bits per heavy atom. The van der Waals surface area contributed by atoms with E-state index in [4.69, 9.17) is 0 Å². The fourth-order valence-electron chi connectivity index (χ4n) is 2.36. The highest BCUT2D eigenvalue weighted by Crippen LogP contribution is 2.42. The van der Waals surface area contributed by atoms with Gasteiger partial charge in [-0.05, 0) is 31.4 Å². The quantitative estimate of drug-likeness (QED) is 0.818. The van der Waals surface area contributed by atoms with E-state index in [0.717, 1.165) is 11.1 Å². The number of benzene rings is 1. The van der Waals surface area contributed by atoms with Crippen LogP contribution >= 0.6 is 11.3 Å². The molecule has 1 amide bonds. The highest BCUT2D eigenvalue weighted by molar-refractivity contribution is 7.09. The number of nitrogens with one attached hydrogen (secondary N) is 1. The molecular weight excluding hydrogens is 353 g/mol. The molecule has 0 aliphatic carbocycles. The minimum atomic E-state index is -5.00. The molecule has 0 saturated carbocycles. The number of alkyl halides is 3. The Morgan fingerprint density at radius 2 is 1.96 bits per heavy atom. The Hall–Kier alpha value is -1.93. The van der Waals surface area contributed by atoms with Crippen LogP contribution in [0.3, 0.4) is 0 Å². The first kappa shape index (κ1) is 19.4. The van der Waals surface area contributed by atoms with Crippen LogP contribution in [0.2, 0.25) is 0 Å². The summed E-state index contributed by atoms with van der Waals surface area (Å²) in [6, 6.07) is 7.56. The number of rotatable bonds is 6. The van der Waals surface area contributed by atoms with Gasteiger partial charge < -0.3 is 10.4 Å². The zero-order valence-electron chi connectivity index (χ0n) is 13.9. The summed E-state index contributed by atoms with van der Waals surface area (Å²) < 4.78 is 40.0. The Morgan fingerprint density at radius 3 is 2.52 bits per heavy atom. The van der Waals surface area contributed by atoms with Crippen LogP contribution in [0.25, 0.3) is 0 Å². The van der Waals surface area contributed by atoms with Crippen molar-refractivity contribution in [2.24, 2.45) is 0 Å². The van der Waals surface area contributed by atoms with Crippen molar-refractivity contribution in [3.05, 3.63) is 51.5 Å². The van der Waals surface area contributed by atoms with Crippen molar-refractivity contribution >= 4 is 17.2 Å². The number of thiazole rings is 1. The maximum Gasteiger partial charge on any atom is 0.424 e. The number of hydrogen-bond acceptors (Lipinski definition) is 4. The molecule has 1 aromatic carbocycles. The van der Waals surface area contributed by atoms with E-state index < -0.39 is 29.1 Å². The second kappa shape index (κ2) is 7.53. The summed E-state index contributed by atoms with van der Waals surface area (Å²) in [4.78, 5) is 15.7. The van der Waals surface area contributed by atoms with Crippen molar-refractivity contribution in [1.82, 2.24) is 10.3 Å². The lowest BCUT2D eigenvalue weighted by molar-refractivity contribution is -0.267.